The lowest BCUT2D eigenvalue weighted by Gasteiger charge is -2.28. The van der Waals surface area contributed by atoms with Crippen LogP contribution in [0.3, 0.4) is 0 Å². The summed E-state index contributed by atoms with van der Waals surface area (Å²) < 4.78 is 10.7. The molecule has 1 saturated heterocycles. The van der Waals surface area contributed by atoms with Crippen molar-refractivity contribution in [3.63, 3.8) is 0 Å². The summed E-state index contributed by atoms with van der Waals surface area (Å²) in [5, 5.41) is 2.94. The van der Waals surface area contributed by atoms with Gasteiger partial charge in [0.05, 0.1) is 5.56 Å². The number of fused-ring (bicyclic) bond motifs is 1. The zero-order valence-corrected chi connectivity index (χ0v) is 22.9. The lowest BCUT2D eigenvalue weighted by molar-refractivity contribution is -0.135. The quantitative estimate of drug-likeness (QED) is 0.567. The van der Waals surface area contributed by atoms with E-state index in [2.05, 4.69) is 10.2 Å². The van der Waals surface area contributed by atoms with E-state index in [-0.39, 0.29) is 30.4 Å². The number of amides is 3. The van der Waals surface area contributed by atoms with Crippen LogP contribution in [0.1, 0.15) is 66.7 Å². The average Bonchev–Trinajstić information content (AvgIpc) is 3.61. The molecule has 2 fully saturated rings. The highest BCUT2D eigenvalue weighted by Gasteiger charge is 2.29. The maximum atomic E-state index is 13.6. The Labute approximate surface area is 230 Å². The van der Waals surface area contributed by atoms with E-state index in [1.54, 1.807) is 29.2 Å². The summed E-state index contributed by atoms with van der Waals surface area (Å²) in [6.07, 6.45) is 5.14. The molecule has 2 aliphatic heterocycles. The summed E-state index contributed by atoms with van der Waals surface area (Å²) in [6.45, 7) is 8.07. The van der Waals surface area contributed by atoms with Crippen LogP contribution in [0.15, 0.2) is 36.4 Å². The van der Waals surface area contributed by atoms with E-state index < -0.39 is 0 Å². The largest absolute Gasteiger partial charge is 0.454 e. The summed E-state index contributed by atoms with van der Waals surface area (Å²) in [5.74, 6) is 1.25. The van der Waals surface area contributed by atoms with Gasteiger partial charge in [-0.25, -0.2) is 0 Å². The molecule has 2 heterocycles. The van der Waals surface area contributed by atoms with Gasteiger partial charge in [-0.15, -0.1) is 0 Å². The molecule has 1 N–H and O–H groups in total. The van der Waals surface area contributed by atoms with E-state index in [0.717, 1.165) is 50.9 Å². The van der Waals surface area contributed by atoms with Crippen molar-refractivity contribution in [3.05, 3.63) is 47.5 Å². The first-order valence-electron chi connectivity index (χ1n) is 14.2. The van der Waals surface area contributed by atoms with Crippen LogP contribution in [-0.2, 0) is 4.79 Å². The number of carbonyl (C=O) groups is 3. The number of nitrogens with one attached hydrogen (secondary N) is 1. The van der Waals surface area contributed by atoms with Crippen LogP contribution < -0.4 is 19.7 Å². The number of carbonyl (C=O) groups excluding carboxylic acids is 3. The van der Waals surface area contributed by atoms with Crippen LogP contribution >= 0.6 is 0 Å². The van der Waals surface area contributed by atoms with E-state index in [0.29, 0.717) is 54.5 Å². The van der Waals surface area contributed by atoms with Crippen molar-refractivity contribution in [3.8, 4) is 11.5 Å². The van der Waals surface area contributed by atoms with Gasteiger partial charge in [0, 0.05) is 62.1 Å². The summed E-state index contributed by atoms with van der Waals surface area (Å²) in [4.78, 5) is 45.7. The van der Waals surface area contributed by atoms with Crippen molar-refractivity contribution in [2.24, 2.45) is 5.92 Å². The molecular formula is C30H38N4O5. The second kappa shape index (κ2) is 12.0. The summed E-state index contributed by atoms with van der Waals surface area (Å²) in [7, 11) is 0. The first-order chi connectivity index (χ1) is 19.0. The highest BCUT2D eigenvalue weighted by molar-refractivity contribution is 6.06. The van der Waals surface area contributed by atoms with Crippen molar-refractivity contribution in [2.75, 3.05) is 56.3 Å². The van der Waals surface area contributed by atoms with Crippen LogP contribution in [-0.4, -0.2) is 73.6 Å². The van der Waals surface area contributed by atoms with E-state index in [4.69, 9.17) is 9.47 Å². The van der Waals surface area contributed by atoms with Crippen molar-refractivity contribution < 1.29 is 23.9 Å². The molecule has 1 saturated carbocycles. The minimum absolute atomic E-state index is 0.0719. The number of hydrogen-bond acceptors (Lipinski definition) is 6. The Morgan fingerprint density at radius 1 is 0.897 bits per heavy atom. The van der Waals surface area contributed by atoms with E-state index in [1.807, 2.05) is 30.9 Å². The Bertz CT molecular complexity index is 1220. The van der Waals surface area contributed by atoms with Crippen molar-refractivity contribution >= 4 is 29.1 Å². The first-order valence-corrected chi connectivity index (χ1v) is 14.2. The van der Waals surface area contributed by atoms with Crippen molar-refractivity contribution in [2.45, 2.75) is 46.0 Å². The SMILES string of the molecule is CCN(CC)C(=O)c1cc(NC(=O)c2ccc3c(c2)OCO3)ccc1N1CCCN(C(=O)C2CCCC2)CC1. The van der Waals surface area contributed by atoms with Crippen LogP contribution in [0.25, 0.3) is 0 Å². The summed E-state index contributed by atoms with van der Waals surface area (Å²) in [6, 6.07) is 10.6. The number of rotatable bonds is 7. The number of hydrogen-bond donors (Lipinski definition) is 1. The smallest absolute Gasteiger partial charge is 0.256 e. The lowest BCUT2D eigenvalue weighted by atomic mass is 10.1. The fraction of sp³-hybridized carbons (Fsp3) is 0.500. The van der Waals surface area contributed by atoms with Gasteiger partial charge in [-0.05, 0) is 69.5 Å². The monoisotopic (exact) mass is 534 g/mol. The predicted molar refractivity (Wildman–Crippen MR) is 150 cm³/mol. The molecule has 0 radical (unpaired) electrons. The number of anilines is 2. The number of ether oxygens (including phenoxy) is 2. The fourth-order valence-electron chi connectivity index (χ4n) is 5.79. The van der Waals surface area contributed by atoms with Gasteiger partial charge in [0.2, 0.25) is 12.7 Å². The highest BCUT2D eigenvalue weighted by atomic mass is 16.7. The Balaban J connectivity index is 1.36. The van der Waals surface area contributed by atoms with Crippen LogP contribution in [0.2, 0.25) is 0 Å². The first kappa shape index (κ1) is 26.8. The second-order valence-corrected chi connectivity index (χ2v) is 10.4. The summed E-state index contributed by atoms with van der Waals surface area (Å²) in [5.41, 5.74) is 2.38. The van der Waals surface area contributed by atoms with Gasteiger partial charge in [-0.1, -0.05) is 12.8 Å². The zero-order chi connectivity index (χ0) is 27.4. The molecule has 1 aliphatic carbocycles. The standard InChI is InChI=1S/C30H38N4O5/c1-3-32(4-2)30(37)24-19-23(31-28(35)22-10-13-26-27(18-22)39-20-38-26)11-12-25(24)33-14-7-15-34(17-16-33)29(36)21-8-5-6-9-21/h10-13,18-19,21H,3-9,14-17,20H2,1-2H3,(H,31,35). The molecule has 39 heavy (non-hydrogen) atoms. The lowest BCUT2D eigenvalue weighted by Crippen LogP contribution is -2.38. The molecule has 3 amide bonds. The van der Waals surface area contributed by atoms with Crippen molar-refractivity contribution in [1.82, 2.24) is 9.80 Å². The third-order valence-electron chi connectivity index (χ3n) is 8.02. The zero-order valence-electron chi connectivity index (χ0n) is 22.9. The van der Waals surface area contributed by atoms with Crippen molar-refractivity contribution in [1.29, 1.82) is 0 Å². The molecule has 0 aromatic heterocycles. The Hall–Kier alpha value is -3.75. The Morgan fingerprint density at radius 2 is 1.67 bits per heavy atom. The van der Waals surface area contributed by atoms with E-state index in [1.165, 1.54) is 0 Å². The van der Waals surface area contributed by atoms with Gasteiger partial charge in [-0.3, -0.25) is 14.4 Å². The van der Waals surface area contributed by atoms with E-state index >= 15 is 0 Å². The second-order valence-electron chi connectivity index (χ2n) is 10.4. The normalized spacial score (nSPS) is 17.2. The van der Waals surface area contributed by atoms with Gasteiger partial charge in [-0.2, -0.15) is 0 Å². The topological polar surface area (TPSA) is 91.4 Å². The molecule has 0 unspecified atom stereocenters. The molecule has 0 bridgehead atoms. The molecule has 9 nitrogen and oxygen atoms in total. The van der Waals surface area contributed by atoms with E-state index in [9.17, 15) is 14.4 Å². The third-order valence-corrected chi connectivity index (χ3v) is 8.02. The van der Waals surface area contributed by atoms with Gasteiger partial charge >= 0.3 is 0 Å². The maximum Gasteiger partial charge on any atom is 0.256 e. The predicted octanol–water partition coefficient (Wildman–Crippen LogP) is 4.38. The molecule has 2 aromatic rings. The summed E-state index contributed by atoms with van der Waals surface area (Å²) >= 11 is 0. The van der Waals surface area contributed by atoms with Crippen LogP contribution in [0.4, 0.5) is 11.4 Å². The minimum Gasteiger partial charge on any atom is -0.454 e. The Kier molecular flexibility index (Phi) is 8.24. The minimum atomic E-state index is -0.293. The molecular weight excluding hydrogens is 496 g/mol. The fourth-order valence-corrected chi connectivity index (χ4v) is 5.79. The molecule has 0 atom stereocenters. The van der Waals surface area contributed by atoms with Gasteiger partial charge in [0.1, 0.15) is 0 Å². The number of benzene rings is 2. The molecule has 2 aromatic carbocycles. The average molecular weight is 535 g/mol. The van der Waals surface area contributed by atoms with Gasteiger partial charge in [0.25, 0.3) is 11.8 Å². The highest BCUT2D eigenvalue weighted by Crippen LogP contribution is 2.33. The molecule has 3 aliphatic rings. The molecule has 0 spiro atoms. The van der Waals surface area contributed by atoms with Gasteiger partial charge in [0.15, 0.2) is 11.5 Å². The number of nitrogens with zero attached hydrogens (tertiary/aromatic N) is 3. The van der Waals surface area contributed by atoms with Crippen LogP contribution in [0, 0.1) is 5.92 Å². The third kappa shape index (κ3) is 5.82. The molecule has 5 rings (SSSR count). The Morgan fingerprint density at radius 3 is 2.44 bits per heavy atom. The molecule has 9 heteroatoms. The molecule has 208 valence electrons. The van der Waals surface area contributed by atoms with Gasteiger partial charge < -0.3 is 29.5 Å². The van der Waals surface area contributed by atoms with Crippen LogP contribution in [0.5, 0.6) is 11.5 Å². The maximum absolute atomic E-state index is 13.6.